The summed E-state index contributed by atoms with van der Waals surface area (Å²) < 4.78 is 2.22. The van der Waals surface area contributed by atoms with Gasteiger partial charge in [-0.2, -0.15) is 17.2 Å². The number of thiol groups is 1. The van der Waals surface area contributed by atoms with Gasteiger partial charge in [-0.25, -0.2) is 0 Å². The van der Waals surface area contributed by atoms with Crippen molar-refractivity contribution in [3.8, 4) is 0 Å². The molecule has 0 spiro atoms. The third-order valence-electron chi connectivity index (χ3n) is 4.33. The summed E-state index contributed by atoms with van der Waals surface area (Å²) in [5, 5.41) is 1.26. The van der Waals surface area contributed by atoms with E-state index in [4.69, 9.17) is 0 Å². The molecule has 0 unspecified atom stereocenters. The van der Waals surface area contributed by atoms with Crippen molar-refractivity contribution in [2.24, 2.45) is 7.05 Å². The van der Waals surface area contributed by atoms with E-state index in [1.807, 2.05) is 0 Å². The molecule has 2 nitrogen and oxygen atoms in total. The quantitative estimate of drug-likeness (QED) is 0.542. The molecule has 0 aliphatic carbocycles. The van der Waals surface area contributed by atoms with Gasteiger partial charge >= 0.3 is 0 Å². The van der Waals surface area contributed by atoms with Crippen LogP contribution in [-0.4, -0.2) is 19.3 Å². The zero-order valence-electron chi connectivity index (χ0n) is 14.2. The molecule has 1 aromatic heterocycles. The highest BCUT2D eigenvalue weighted by atomic mass is 32.1. The smallest absolute Gasteiger partial charge is 0.212 e. The summed E-state index contributed by atoms with van der Waals surface area (Å²) in [6.45, 7) is 0.950. The molecule has 0 fully saturated rings. The normalized spacial score (nSPS) is 11.3. The highest BCUT2D eigenvalue weighted by molar-refractivity contribution is 7.80. The Morgan fingerprint density at radius 1 is 0.958 bits per heavy atom. The van der Waals surface area contributed by atoms with Crippen LogP contribution in [0.15, 0.2) is 60.7 Å². The van der Waals surface area contributed by atoms with E-state index in [0.717, 1.165) is 12.3 Å². The second-order valence-corrected chi connectivity index (χ2v) is 6.39. The predicted molar refractivity (Wildman–Crippen MR) is 108 cm³/mol. The Balaban J connectivity index is 1.82. The summed E-state index contributed by atoms with van der Waals surface area (Å²) in [6.07, 6.45) is 4.32. The summed E-state index contributed by atoms with van der Waals surface area (Å²) >= 11 is 4.28. The minimum Gasteiger partial charge on any atom is -0.374 e. The Hall–Kier alpha value is -2.26. The summed E-state index contributed by atoms with van der Waals surface area (Å²) in [5.74, 6) is 0.858. The molecule has 0 amide bonds. The lowest BCUT2D eigenvalue weighted by molar-refractivity contribution is -0.646. The lowest BCUT2D eigenvalue weighted by atomic mass is 10.1. The Kier molecular flexibility index (Phi) is 5.21. The number of hydrogen-bond donors (Lipinski definition) is 1. The lowest BCUT2D eigenvalue weighted by Gasteiger charge is -2.17. The topological polar surface area (TPSA) is 7.12 Å². The standard InChI is InChI=1S/C21H22N2S/c1-22(15-16-24)19-11-7-17(8-12-19)9-13-20-14-10-18-5-3-4-6-21(18)23(20)2/h3-14H,15-16H2,1-2H3/p+1. The van der Waals surface area contributed by atoms with Crippen molar-refractivity contribution in [1.82, 2.24) is 0 Å². The maximum Gasteiger partial charge on any atom is 0.212 e. The number of pyridine rings is 1. The zero-order valence-corrected chi connectivity index (χ0v) is 15.1. The van der Waals surface area contributed by atoms with Gasteiger partial charge in [-0.05, 0) is 35.9 Å². The van der Waals surface area contributed by atoms with Crippen molar-refractivity contribution in [2.75, 3.05) is 24.2 Å². The third-order valence-corrected chi connectivity index (χ3v) is 4.53. The first-order valence-corrected chi connectivity index (χ1v) is 8.80. The molecule has 3 aromatic rings. The highest BCUT2D eigenvalue weighted by Crippen LogP contribution is 2.16. The molecule has 0 aliphatic rings. The van der Waals surface area contributed by atoms with Gasteiger partial charge in [0.1, 0.15) is 7.05 Å². The number of nitrogens with zero attached hydrogens (tertiary/aromatic N) is 2. The number of fused-ring (bicyclic) bond motifs is 1. The molecular formula is C21H23N2S+. The van der Waals surface area contributed by atoms with Crippen molar-refractivity contribution < 1.29 is 4.57 Å². The second-order valence-electron chi connectivity index (χ2n) is 5.95. The van der Waals surface area contributed by atoms with Gasteiger partial charge in [-0.3, -0.25) is 0 Å². The van der Waals surface area contributed by atoms with E-state index in [1.165, 1.54) is 27.8 Å². The molecular weight excluding hydrogens is 312 g/mol. The second kappa shape index (κ2) is 7.54. The van der Waals surface area contributed by atoms with Gasteiger partial charge in [-0.15, -0.1) is 0 Å². The average molecular weight is 335 g/mol. The molecule has 3 rings (SSSR count). The van der Waals surface area contributed by atoms with E-state index in [-0.39, 0.29) is 0 Å². The van der Waals surface area contributed by atoms with Crippen molar-refractivity contribution >= 4 is 41.4 Å². The molecule has 0 radical (unpaired) electrons. The molecule has 0 bridgehead atoms. The van der Waals surface area contributed by atoms with Gasteiger partial charge < -0.3 is 4.90 Å². The number of hydrogen-bond acceptors (Lipinski definition) is 2. The molecule has 0 atom stereocenters. The van der Waals surface area contributed by atoms with Crippen LogP contribution < -0.4 is 9.47 Å². The molecule has 24 heavy (non-hydrogen) atoms. The fourth-order valence-corrected chi connectivity index (χ4v) is 3.13. The summed E-state index contributed by atoms with van der Waals surface area (Å²) in [6, 6.07) is 21.4. The molecule has 122 valence electrons. The van der Waals surface area contributed by atoms with E-state index in [9.17, 15) is 0 Å². The number of para-hydroxylation sites is 1. The van der Waals surface area contributed by atoms with E-state index >= 15 is 0 Å². The van der Waals surface area contributed by atoms with Crippen LogP contribution in [0.5, 0.6) is 0 Å². The maximum atomic E-state index is 4.28. The van der Waals surface area contributed by atoms with Crippen LogP contribution in [0.2, 0.25) is 0 Å². The Labute approximate surface area is 149 Å². The Morgan fingerprint density at radius 3 is 2.46 bits per heavy atom. The van der Waals surface area contributed by atoms with Crippen molar-refractivity contribution in [3.63, 3.8) is 0 Å². The summed E-state index contributed by atoms with van der Waals surface area (Å²) in [5.41, 5.74) is 4.84. The molecule has 0 N–H and O–H groups in total. The van der Waals surface area contributed by atoms with E-state index in [1.54, 1.807) is 0 Å². The number of anilines is 1. The van der Waals surface area contributed by atoms with Crippen molar-refractivity contribution in [2.45, 2.75) is 0 Å². The number of benzene rings is 2. The van der Waals surface area contributed by atoms with Gasteiger partial charge in [0.2, 0.25) is 11.2 Å². The predicted octanol–water partition coefficient (Wildman–Crippen LogP) is 4.20. The van der Waals surface area contributed by atoms with Crippen LogP contribution in [-0.2, 0) is 7.05 Å². The minimum atomic E-state index is 0.858. The maximum absolute atomic E-state index is 4.28. The SMILES string of the molecule is CN(CCS)c1ccc(C=Cc2ccc3ccccc3[n+]2C)cc1. The number of rotatable bonds is 5. The first-order valence-electron chi connectivity index (χ1n) is 8.17. The highest BCUT2D eigenvalue weighted by Gasteiger charge is 2.08. The van der Waals surface area contributed by atoms with Crippen LogP contribution in [0.3, 0.4) is 0 Å². The first-order chi connectivity index (χ1) is 11.7. The van der Waals surface area contributed by atoms with Crippen LogP contribution in [0.4, 0.5) is 5.69 Å². The van der Waals surface area contributed by atoms with Crippen LogP contribution in [0, 0.1) is 0 Å². The Bertz CT molecular complexity index is 853. The lowest BCUT2D eigenvalue weighted by Crippen LogP contribution is -2.32. The Morgan fingerprint density at radius 2 is 1.71 bits per heavy atom. The van der Waals surface area contributed by atoms with E-state index in [0.29, 0.717) is 0 Å². The van der Waals surface area contributed by atoms with E-state index in [2.05, 4.69) is 109 Å². The molecule has 0 aliphatic heterocycles. The monoisotopic (exact) mass is 335 g/mol. The van der Waals surface area contributed by atoms with Gasteiger partial charge in [0, 0.05) is 48.6 Å². The van der Waals surface area contributed by atoms with Crippen molar-refractivity contribution in [1.29, 1.82) is 0 Å². The molecule has 2 aromatic carbocycles. The van der Waals surface area contributed by atoms with Gasteiger partial charge in [0.25, 0.3) is 0 Å². The van der Waals surface area contributed by atoms with Gasteiger partial charge in [-0.1, -0.05) is 24.3 Å². The fourth-order valence-electron chi connectivity index (χ4n) is 2.83. The molecule has 1 heterocycles. The number of aryl methyl sites for hydroxylation is 1. The largest absolute Gasteiger partial charge is 0.374 e. The van der Waals surface area contributed by atoms with Gasteiger partial charge in [0.15, 0.2) is 0 Å². The minimum absolute atomic E-state index is 0.858. The van der Waals surface area contributed by atoms with Crippen LogP contribution in [0.25, 0.3) is 23.1 Å². The zero-order chi connectivity index (χ0) is 16.9. The van der Waals surface area contributed by atoms with E-state index < -0.39 is 0 Å². The molecule has 0 saturated heterocycles. The number of aromatic nitrogens is 1. The van der Waals surface area contributed by atoms with Gasteiger partial charge in [0.05, 0.1) is 0 Å². The fraction of sp³-hybridized carbons (Fsp3) is 0.190. The van der Waals surface area contributed by atoms with Crippen LogP contribution in [0.1, 0.15) is 11.3 Å². The van der Waals surface area contributed by atoms with Crippen molar-refractivity contribution in [3.05, 3.63) is 71.9 Å². The summed E-state index contributed by atoms with van der Waals surface area (Å²) in [4.78, 5) is 2.21. The molecule has 0 saturated carbocycles. The average Bonchev–Trinajstić information content (AvgIpc) is 2.62. The molecule has 3 heteroatoms. The first kappa shape index (κ1) is 16.6. The third kappa shape index (κ3) is 3.62. The summed E-state index contributed by atoms with van der Waals surface area (Å²) in [7, 11) is 4.20. The van der Waals surface area contributed by atoms with Crippen LogP contribution >= 0.6 is 12.6 Å².